The van der Waals surface area contributed by atoms with Gasteiger partial charge in [0.1, 0.15) is 18.0 Å². The van der Waals surface area contributed by atoms with Crippen molar-refractivity contribution in [3.05, 3.63) is 42.2 Å². The van der Waals surface area contributed by atoms with Crippen LogP contribution >= 0.6 is 0 Å². The number of aliphatic carboxylic acids is 1. The summed E-state index contributed by atoms with van der Waals surface area (Å²) in [6, 6.07) is 2.88. The van der Waals surface area contributed by atoms with E-state index in [0.29, 0.717) is 11.3 Å². The van der Waals surface area contributed by atoms with Crippen LogP contribution in [0.1, 0.15) is 25.3 Å². The molecule has 3 atom stereocenters. The van der Waals surface area contributed by atoms with Gasteiger partial charge in [-0.15, -0.1) is 0 Å². The molecule has 2 amide bonds. The molecule has 1 aliphatic heterocycles. The average Bonchev–Trinajstić information content (AvgIpc) is 3.22. The van der Waals surface area contributed by atoms with Gasteiger partial charge in [0.2, 0.25) is 5.89 Å². The summed E-state index contributed by atoms with van der Waals surface area (Å²) in [5, 5.41) is 13.6. The van der Waals surface area contributed by atoms with Crippen LogP contribution in [0.3, 0.4) is 0 Å². The van der Waals surface area contributed by atoms with E-state index in [9.17, 15) is 23.5 Å². The number of halogens is 2. The number of hydrogen-bond donors (Lipinski definition) is 1. The molecule has 1 saturated heterocycles. The number of aromatic nitrogens is 1. The standard InChI is InChI=1S/C17H17F2N3O4.K/c1-9(21-17(25)22-8-12(19)6-13(22)16(23)24)15-20-7-14(26-15)10-2-4-11(18)5-3-10;/h2-5,7,9,12-13H,6,8H2,1H3,(H,21,25)(H,23,24);/q;+1/p-1/t9?,12-,13-;/m0./s1. The van der Waals surface area contributed by atoms with E-state index >= 15 is 0 Å². The van der Waals surface area contributed by atoms with Gasteiger partial charge in [0.25, 0.3) is 0 Å². The Hall–Kier alpha value is -1.33. The molecule has 0 saturated carbocycles. The molecular formula is C17H16F2KN3O4. The van der Waals surface area contributed by atoms with Crippen LogP contribution in [-0.2, 0) is 4.79 Å². The van der Waals surface area contributed by atoms with Crippen LogP contribution in [0.4, 0.5) is 13.6 Å². The number of hydrogen-bond acceptors (Lipinski definition) is 5. The zero-order valence-corrected chi connectivity index (χ0v) is 17.9. The molecule has 1 unspecified atom stereocenters. The minimum Gasteiger partial charge on any atom is -0.548 e. The molecule has 0 bridgehead atoms. The molecule has 2 aromatic rings. The summed E-state index contributed by atoms with van der Waals surface area (Å²) in [6.45, 7) is 1.28. The van der Waals surface area contributed by atoms with Crippen LogP contribution in [0.2, 0.25) is 0 Å². The first-order valence-electron chi connectivity index (χ1n) is 7.99. The van der Waals surface area contributed by atoms with E-state index in [1.54, 1.807) is 6.92 Å². The maximum absolute atomic E-state index is 13.5. The van der Waals surface area contributed by atoms with Gasteiger partial charge in [-0.1, -0.05) is 0 Å². The molecule has 3 rings (SSSR count). The number of nitrogens with zero attached hydrogens (tertiary/aromatic N) is 2. The maximum atomic E-state index is 13.5. The van der Waals surface area contributed by atoms with Crippen LogP contribution in [0.15, 0.2) is 34.9 Å². The minimum absolute atomic E-state index is 0. The van der Waals surface area contributed by atoms with Gasteiger partial charge in [-0.05, 0) is 31.2 Å². The first-order chi connectivity index (χ1) is 12.3. The fraction of sp³-hybridized carbons (Fsp3) is 0.353. The minimum atomic E-state index is -1.50. The average molecular weight is 403 g/mol. The Bertz CT molecular complexity index is 815. The summed E-state index contributed by atoms with van der Waals surface area (Å²) < 4.78 is 32.0. The van der Waals surface area contributed by atoms with Crippen molar-refractivity contribution < 1.29 is 79.3 Å². The summed E-state index contributed by atoms with van der Waals surface area (Å²) in [7, 11) is 0. The molecule has 1 N–H and O–H groups in total. The molecule has 1 aromatic carbocycles. The Kier molecular flexibility index (Phi) is 7.52. The molecule has 1 fully saturated rings. The third-order valence-corrected chi connectivity index (χ3v) is 4.15. The van der Waals surface area contributed by atoms with E-state index in [-0.39, 0.29) is 76.1 Å². The molecule has 27 heavy (non-hydrogen) atoms. The molecule has 1 aromatic heterocycles. The number of likely N-dealkylation sites (tertiary alicyclic amines) is 1. The smallest absolute Gasteiger partial charge is 0.548 e. The molecule has 0 radical (unpaired) electrons. The maximum Gasteiger partial charge on any atom is 1.00 e. The van der Waals surface area contributed by atoms with Crippen molar-refractivity contribution in [3.8, 4) is 11.3 Å². The summed E-state index contributed by atoms with van der Waals surface area (Å²) in [4.78, 5) is 28.3. The first kappa shape index (κ1) is 22.0. The van der Waals surface area contributed by atoms with Crippen molar-refractivity contribution >= 4 is 12.0 Å². The third-order valence-electron chi connectivity index (χ3n) is 4.15. The summed E-state index contributed by atoms with van der Waals surface area (Å²) in [5.41, 5.74) is 0.612. The van der Waals surface area contributed by atoms with E-state index in [2.05, 4.69) is 10.3 Å². The van der Waals surface area contributed by atoms with Crippen molar-refractivity contribution in [1.29, 1.82) is 0 Å². The second-order valence-corrected chi connectivity index (χ2v) is 6.06. The van der Waals surface area contributed by atoms with Crippen molar-refractivity contribution in [3.63, 3.8) is 0 Å². The number of nitrogens with one attached hydrogen (secondary N) is 1. The second-order valence-electron chi connectivity index (χ2n) is 6.06. The fourth-order valence-corrected chi connectivity index (χ4v) is 2.80. The first-order valence-corrected chi connectivity index (χ1v) is 7.99. The van der Waals surface area contributed by atoms with Gasteiger partial charge in [-0.3, -0.25) is 0 Å². The zero-order valence-electron chi connectivity index (χ0n) is 14.8. The van der Waals surface area contributed by atoms with Crippen LogP contribution in [0.5, 0.6) is 0 Å². The Morgan fingerprint density at radius 1 is 1.37 bits per heavy atom. The quantitative estimate of drug-likeness (QED) is 0.622. The Balaban J connectivity index is 0.00000261. The van der Waals surface area contributed by atoms with E-state index in [0.717, 1.165) is 4.90 Å². The monoisotopic (exact) mass is 403 g/mol. The van der Waals surface area contributed by atoms with Gasteiger partial charge in [0.05, 0.1) is 24.8 Å². The summed E-state index contributed by atoms with van der Waals surface area (Å²) in [6.07, 6.45) is -0.272. The van der Waals surface area contributed by atoms with E-state index < -0.39 is 30.3 Å². The van der Waals surface area contributed by atoms with Crippen LogP contribution in [0.25, 0.3) is 11.3 Å². The van der Waals surface area contributed by atoms with Crippen molar-refractivity contribution in [2.24, 2.45) is 0 Å². The number of carbonyl (C=O) groups excluding carboxylic acids is 2. The Morgan fingerprint density at radius 3 is 2.67 bits per heavy atom. The number of rotatable bonds is 4. The number of carboxylic acid groups (broad SMARTS) is 1. The molecule has 1 aliphatic rings. The van der Waals surface area contributed by atoms with Crippen molar-refractivity contribution in [2.45, 2.75) is 31.6 Å². The number of oxazole rings is 1. The molecule has 2 heterocycles. The number of benzene rings is 1. The second kappa shape index (κ2) is 9.24. The van der Waals surface area contributed by atoms with Gasteiger partial charge in [0, 0.05) is 12.0 Å². The van der Waals surface area contributed by atoms with E-state index in [4.69, 9.17) is 4.42 Å². The predicted molar refractivity (Wildman–Crippen MR) is 83.9 cm³/mol. The zero-order chi connectivity index (χ0) is 18.8. The summed E-state index contributed by atoms with van der Waals surface area (Å²) >= 11 is 0. The van der Waals surface area contributed by atoms with Crippen molar-refractivity contribution in [2.75, 3.05) is 6.54 Å². The van der Waals surface area contributed by atoms with Crippen LogP contribution < -0.4 is 61.8 Å². The Morgan fingerprint density at radius 2 is 2.04 bits per heavy atom. The van der Waals surface area contributed by atoms with Crippen LogP contribution in [0, 0.1) is 5.82 Å². The number of alkyl halides is 1. The molecular weight excluding hydrogens is 387 g/mol. The number of carboxylic acids is 1. The van der Waals surface area contributed by atoms with Gasteiger partial charge in [-0.2, -0.15) is 0 Å². The normalized spacial score (nSPS) is 20.0. The topological polar surface area (TPSA) is 98.5 Å². The van der Waals surface area contributed by atoms with E-state index in [1.165, 1.54) is 30.5 Å². The van der Waals surface area contributed by atoms with Gasteiger partial charge >= 0.3 is 57.4 Å². The Labute approximate surface area is 196 Å². The molecule has 0 spiro atoms. The van der Waals surface area contributed by atoms with Gasteiger partial charge < -0.3 is 24.5 Å². The predicted octanol–water partition coefficient (Wildman–Crippen LogP) is -1.58. The molecule has 138 valence electrons. The molecule has 10 heteroatoms. The number of urea groups is 1. The third kappa shape index (κ3) is 5.14. The van der Waals surface area contributed by atoms with Gasteiger partial charge in [-0.25, -0.2) is 18.6 Å². The largest absolute Gasteiger partial charge is 1.00 e. The summed E-state index contributed by atoms with van der Waals surface area (Å²) in [5.74, 6) is -1.31. The van der Waals surface area contributed by atoms with Gasteiger partial charge in [0.15, 0.2) is 5.76 Å². The van der Waals surface area contributed by atoms with Crippen LogP contribution in [-0.4, -0.2) is 40.6 Å². The number of amides is 2. The molecule has 0 aliphatic carbocycles. The fourth-order valence-electron chi connectivity index (χ4n) is 2.80. The molecule has 7 nitrogen and oxygen atoms in total. The SMILES string of the molecule is CC(NC(=O)N1C[C@@H](F)C[C@H]1C(=O)[O-])c1ncc(-c2ccc(F)cc2)o1.[K+]. The van der Waals surface area contributed by atoms with Crippen molar-refractivity contribution in [1.82, 2.24) is 15.2 Å². The van der Waals surface area contributed by atoms with E-state index in [1.807, 2.05) is 0 Å². The number of carbonyl (C=O) groups is 2.